The largest absolute Gasteiger partial charge is 0.379 e. The molecule has 150 valence electrons. The van der Waals surface area contributed by atoms with E-state index in [-0.39, 0.29) is 5.91 Å². The molecule has 1 aromatic carbocycles. The summed E-state index contributed by atoms with van der Waals surface area (Å²) >= 11 is 1.54. The number of likely N-dealkylation sites (N-methyl/N-ethyl adjacent to an activating group) is 1. The van der Waals surface area contributed by atoms with Gasteiger partial charge in [0.25, 0.3) is 5.91 Å². The summed E-state index contributed by atoms with van der Waals surface area (Å²) in [5.74, 6) is -0.156. The number of amides is 1. The molecule has 0 atom stereocenters. The first-order valence-electron chi connectivity index (χ1n) is 9.77. The van der Waals surface area contributed by atoms with Gasteiger partial charge in [-0.05, 0) is 31.3 Å². The first kappa shape index (κ1) is 19.3. The third-order valence-corrected chi connectivity index (χ3v) is 6.07. The highest BCUT2D eigenvalue weighted by Crippen LogP contribution is 2.20. The quantitative estimate of drug-likeness (QED) is 0.827. The van der Waals surface area contributed by atoms with Gasteiger partial charge in [0, 0.05) is 56.0 Å². The number of rotatable bonds is 5. The maximum Gasteiger partial charge on any atom is 0.275 e. The van der Waals surface area contributed by atoms with Crippen LogP contribution in [-0.4, -0.2) is 80.2 Å². The number of carbonyl (C=O) groups is 1. The molecule has 28 heavy (non-hydrogen) atoms. The van der Waals surface area contributed by atoms with Crippen LogP contribution >= 0.6 is 11.3 Å². The van der Waals surface area contributed by atoms with Crippen LogP contribution in [0.4, 0.5) is 11.4 Å². The van der Waals surface area contributed by atoms with Crippen LogP contribution in [0, 0.1) is 0 Å². The molecule has 0 spiro atoms. The van der Waals surface area contributed by atoms with E-state index in [0.29, 0.717) is 5.69 Å². The molecule has 2 aromatic rings. The zero-order valence-corrected chi connectivity index (χ0v) is 17.1. The van der Waals surface area contributed by atoms with Crippen molar-refractivity contribution in [3.8, 4) is 0 Å². The summed E-state index contributed by atoms with van der Waals surface area (Å²) in [7, 11) is 2.15. The van der Waals surface area contributed by atoms with Gasteiger partial charge in [0.15, 0.2) is 0 Å². The molecule has 7 nitrogen and oxygen atoms in total. The summed E-state index contributed by atoms with van der Waals surface area (Å²) in [6, 6.07) is 8.08. The minimum absolute atomic E-state index is 0.156. The highest BCUT2D eigenvalue weighted by molar-refractivity contribution is 7.09. The van der Waals surface area contributed by atoms with Crippen LogP contribution in [-0.2, 0) is 11.3 Å². The molecule has 2 saturated heterocycles. The van der Waals surface area contributed by atoms with Crippen LogP contribution in [0.15, 0.2) is 29.6 Å². The molecule has 2 aliphatic rings. The molecule has 0 radical (unpaired) electrons. The second-order valence-corrected chi connectivity index (χ2v) is 8.25. The van der Waals surface area contributed by atoms with Crippen LogP contribution in [0.2, 0.25) is 0 Å². The van der Waals surface area contributed by atoms with Crippen molar-refractivity contribution in [2.75, 3.05) is 69.7 Å². The molecule has 0 bridgehead atoms. The number of benzene rings is 1. The first-order valence-corrected chi connectivity index (χ1v) is 10.6. The van der Waals surface area contributed by atoms with Crippen molar-refractivity contribution < 1.29 is 9.53 Å². The van der Waals surface area contributed by atoms with E-state index in [4.69, 9.17) is 4.74 Å². The molecule has 1 aromatic heterocycles. The monoisotopic (exact) mass is 401 g/mol. The molecule has 0 unspecified atom stereocenters. The summed E-state index contributed by atoms with van der Waals surface area (Å²) in [5.41, 5.74) is 2.48. The van der Waals surface area contributed by atoms with Gasteiger partial charge in [0.05, 0.1) is 19.8 Å². The summed E-state index contributed by atoms with van der Waals surface area (Å²) in [4.78, 5) is 24.1. The van der Waals surface area contributed by atoms with Crippen molar-refractivity contribution in [3.63, 3.8) is 0 Å². The second kappa shape index (κ2) is 9.00. The summed E-state index contributed by atoms with van der Waals surface area (Å²) in [6.07, 6.45) is 0. The minimum atomic E-state index is -0.156. The molecule has 2 fully saturated rings. The fourth-order valence-electron chi connectivity index (χ4n) is 3.45. The Balaban J connectivity index is 1.32. The van der Waals surface area contributed by atoms with E-state index in [9.17, 15) is 4.79 Å². The number of nitrogens with one attached hydrogen (secondary N) is 1. The van der Waals surface area contributed by atoms with Gasteiger partial charge in [-0.15, -0.1) is 11.3 Å². The Morgan fingerprint density at radius 1 is 1.11 bits per heavy atom. The number of carbonyl (C=O) groups excluding carboxylic acids is 1. The van der Waals surface area contributed by atoms with Crippen molar-refractivity contribution in [3.05, 3.63) is 40.3 Å². The van der Waals surface area contributed by atoms with E-state index in [1.807, 2.05) is 17.5 Å². The van der Waals surface area contributed by atoms with Crippen LogP contribution < -0.4 is 10.2 Å². The van der Waals surface area contributed by atoms with Crippen molar-refractivity contribution in [1.29, 1.82) is 0 Å². The first-order chi connectivity index (χ1) is 13.7. The van der Waals surface area contributed by atoms with Crippen LogP contribution in [0.5, 0.6) is 0 Å². The van der Waals surface area contributed by atoms with E-state index in [1.54, 1.807) is 0 Å². The number of hydrogen-bond donors (Lipinski definition) is 1. The summed E-state index contributed by atoms with van der Waals surface area (Å²) in [5, 5.41) is 5.76. The lowest BCUT2D eigenvalue weighted by atomic mass is 10.2. The van der Waals surface area contributed by atoms with Crippen molar-refractivity contribution in [2.24, 2.45) is 0 Å². The highest BCUT2D eigenvalue weighted by atomic mass is 32.1. The van der Waals surface area contributed by atoms with Gasteiger partial charge < -0.3 is 19.9 Å². The number of nitrogens with zero attached hydrogens (tertiary/aromatic N) is 4. The van der Waals surface area contributed by atoms with E-state index < -0.39 is 0 Å². The zero-order chi connectivity index (χ0) is 19.3. The molecule has 2 aliphatic heterocycles. The number of thiazole rings is 1. The fraction of sp³-hybridized carbons (Fsp3) is 0.500. The SMILES string of the molecule is CN1CCN(c2ccc(NC(=O)c3csc(CN4CCOCC4)n3)cc2)CC1. The predicted octanol–water partition coefficient (Wildman–Crippen LogP) is 1.98. The van der Waals surface area contributed by atoms with Gasteiger partial charge in [0.2, 0.25) is 0 Å². The van der Waals surface area contributed by atoms with Gasteiger partial charge in [-0.25, -0.2) is 4.98 Å². The van der Waals surface area contributed by atoms with E-state index in [1.165, 1.54) is 17.0 Å². The van der Waals surface area contributed by atoms with E-state index in [0.717, 1.165) is 69.7 Å². The van der Waals surface area contributed by atoms with Crippen LogP contribution in [0.25, 0.3) is 0 Å². The average Bonchev–Trinajstić information content (AvgIpc) is 3.19. The van der Waals surface area contributed by atoms with Gasteiger partial charge in [0.1, 0.15) is 10.7 Å². The molecule has 4 rings (SSSR count). The third kappa shape index (κ3) is 4.88. The molecular formula is C20H27N5O2S. The van der Waals surface area contributed by atoms with Gasteiger partial charge in [-0.2, -0.15) is 0 Å². The molecule has 0 saturated carbocycles. The summed E-state index contributed by atoms with van der Waals surface area (Å²) in [6.45, 7) is 8.37. The highest BCUT2D eigenvalue weighted by Gasteiger charge is 2.17. The van der Waals surface area contributed by atoms with Gasteiger partial charge >= 0.3 is 0 Å². The maximum atomic E-state index is 12.5. The topological polar surface area (TPSA) is 60.9 Å². The maximum absolute atomic E-state index is 12.5. The Labute approximate surface area is 169 Å². The number of aromatic nitrogens is 1. The predicted molar refractivity (Wildman–Crippen MR) is 112 cm³/mol. The summed E-state index contributed by atoms with van der Waals surface area (Å²) < 4.78 is 5.37. The van der Waals surface area contributed by atoms with Crippen LogP contribution in [0.3, 0.4) is 0 Å². The standard InChI is InChI=1S/C20H27N5O2S/c1-23-6-8-25(9-7-23)17-4-2-16(3-5-17)21-20(26)18-15-28-19(22-18)14-24-10-12-27-13-11-24/h2-5,15H,6-14H2,1H3,(H,21,26). The second-order valence-electron chi connectivity index (χ2n) is 7.31. The number of morpholine rings is 1. The lowest BCUT2D eigenvalue weighted by molar-refractivity contribution is 0.0341. The average molecular weight is 402 g/mol. The molecule has 8 heteroatoms. The van der Waals surface area contributed by atoms with Crippen molar-refractivity contribution in [1.82, 2.24) is 14.8 Å². The van der Waals surface area contributed by atoms with Crippen molar-refractivity contribution in [2.45, 2.75) is 6.54 Å². The third-order valence-electron chi connectivity index (χ3n) is 5.24. The lowest BCUT2D eigenvalue weighted by Crippen LogP contribution is -2.44. The van der Waals surface area contributed by atoms with Crippen molar-refractivity contribution >= 4 is 28.6 Å². The smallest absolute Gasteiger partial charge is 0.275 e. The molecule has 1 amide bonds. The minimum Gasteiger partial charge on any atom is -0.379 e. The lowest BCUT2D eigenvalue weighted by Gasteiger charge is -2.34. The Hall–Kier alpha value is -2.00. The van der Waals surface area contributed by atoms with E-state index >= 15 is 0 Å². The molecule has 3 heterocycles. The van der Waals surface area contributed by atoms with Gasteiger partial charge in [-0.3, -0.25) is 9.69 Å². The molecule has 0 aliphatic carbocycles. The van der Waals surface area contributed by atoms with Crippen LogP contribution in [0.1, 0.15) is 15.5 Å². The Morgan fingerprint density at radius 2 is 1.82 bits per heavy atom. The number of anilines is 2. The zero-order valence-electron chi connectivity index (χ0n) is 16.3. The number of hydrogen-bond acceptors (Lipinski definition) is 7. The normalized spacial score (nSPS) is 19.0. The number of piperazine rings is 1. The number of ether oxygens (including phenoxy) is 1. The molecule has 1 N–H and O–H groups in total. The van der Waals surface area contributed by atoms with Gasteiger partial charge in [-0.1, -0.05) is 0 Å². The Kier molecular flexibility index (Phi) is 6.21. The molecular weight excluding hydrogens is 374 g/mol. The Bertz CT molecular complexity index is 780. The Morgan fingerprint density at radius 3 is 2.54 bits per heavy atom. The fourth-order valence-corrected chi connectivity index (χ4v) is 4.27. The van der Waals surface area contributed by atoms with E-state index in [2.05, 4.69) is 44.2 Å².